The number of carbonyl (C=O) groups is 1. The smallest absolute Gasteiger partial charge is 0.396 e. The molecule has 1 heterocycles. The Kier molecular flexibility index (Phi) is 5.71. The second kappa shape index (κ2) is 6.89. The zero-order valence-electron chi connectivity index (χ0n) is 12.0. The van der Waals surface area contributed by atoms with Crippen LogP contribution in [0.2, 0.25) is 0 Å². The average Bonchev–Trinajstić information content (AvgIpc) is 2.48. The summed E-state index contributed by atoms with van der Waals surface area (Å²) in [6, 6.07) is 1.95. The van der Waals surface area contributed by atoms with Crippen LogP contribution in [0.25, 0.3) is 0 Å². The van der Waals surface area contributed by atoms with Crippen molar-refractivity contribution in [3.8, 4) is 0 Å². The molecule has 1 aromatic heterocycles. The lowest BCUT2D eigenvalue weighted by Crippen LogP contribution is -2.40. The maximum atomic E-state index is 12.8. The highest BCUT2D eigenvalue weighted by Gasteiger charge is 2.36. The van der Waals surface area contributed by atoms with Gasteiger partial charge in [-0.2, -0.15) is 13.2 Å². The van der Waals surface area contributed by atoms with Gasteiger partial charge in [-0.3, -0.25) is 9.78 Å². The Bertz CT molecular complexity index is 477. The molecule has 0 fully saturated rings. The van der Waals surface area contributed by atoms with Gasteiger partial charge in [0, 0.05) is 18.2 Å². The Morgan fingerprint density at radius 2 is 1.95 bits per heavy atom. The number of pyridine rings is 1. The molecule has 1 rings (SSSR count). The normalized spacial score (nSPS) is 12.3. The number of nitrogens with zero attached hydrogens (tertiary/aromatic N) is 1. The van der Waals surface area contributed by atoms with Crippen LogP contribution in [0.5, 0.6) is 0 Å². The number of nitrogens with one attached hydrogen (secondary N) is 1. The van der Waals surface area contributed by atoms with Crippen molar-refractivity contribution in [1.82, 2.24) is 10.3 Å². The van der Waals surface area contributed by atoms with Crippen molar-refractivity contribution in [2.75, 3.05) is 13.2 Å². The third-order valence-corrected chi connectivity index (χ3v) is 3.79. The fraction of sp³-hybridized carbons (Fsp3) is 0.571. The van der Waals surface area contributed by atoms with E-state index in [1.807, 2.05) is 13.8 Å². The van der Waals surface area contributed by atoms with Crippen LogP contribution in [0.4, 0.5) is 13.2 Å². The Morgan fingerprint density at radius 3 is 2.43 bits per heavy atom. The van der Waals surface area contributed by atoms with Gasteiger partial charge in [0.15, 0.2) is 0 Å². The highest BCUT2D eigenvalue weighted by Crippen LogP contribution is 2.31. The van der Waals surface area contributed by atoms with Crippen LogP contribution in [0.1, 0.15) is 42.7 Å². The fourth-order valence-electron chi connectivity index (χ4n) is 1.95. The van der Waals surface area contributed by atoms with Gasteiger partial charge in [0.05, 0.1) is 12.2 Å². The molecular weight excluding hydrogens is 285 g/mol. The van der Waals surface area contributed by atoms with E-state index in [4.69, 9.17) is 0 Å². The quantitative estimate of drug-likeness (QED) is 0.849. The molecule has 4 nitrogen and oxygen atoms in total. The maximum absolute atomic E-state index is 12.8. The number of alkyl halides is 3. The van der Waals surface area contributed by atoms with E-state index in [1.165, 1.54) is 0 Å². The molecule has 0 unspecified atom stereocenters. The number of rotatable bonds is 6. The van der Waals surface area contributed by atoms with E-state index in [1.54, 1.807) is 0 Å². The zero-order chi connectivity index (χ0) is 16.1. The highest BCUT2D eigenvalue weighted by molar-refractivity contribution is 5.93. The number of aromatic nitrogens is 1. The average molecular weight is 304 g/mol. The lowest BCUT2D eigenvalue weighted by Gasteiger charge is -2.29. The molecule has 0 radical (unpaired) electrons. The summed E-state index contributed by atoms with van der Waals surface area (Å²) < 4.78 is 38.5. The van der Waals surface area contributed by atoms with E-state index in [0.717, 1.165) is 18.3 Å². The zero-order valence-corrected chi connectivity index (χ0v) is 12.0. The Labute approximate surface area is 121 Å². The fourth-order valence-corrected chi connectivity index (χ4v) is 1.95. The molecule has 0 atom stereocenters. The Morgan fingerprint density at radius 1 is 1.33 bits per heavy atom. The van der Waals surface area contributed by atoms with Gasteiger partial charge in [-0.25, -0.2) is 0 Å². The number of hydrogen-bond acceptors (Lipinski definition) is 3. The summed E-state index contributed by atoms with van der Waals surface area (Å²) in [6.45, 7) is 3.67. The minimum Gasteiger partial charge on any atom is -0.396 e. The summed E-state index contributed by atoms with van der Waals surface area (Å²) in [7, 11) is 0. The SMILES string of the molecule is CCC(CC)(CO)CNC(=O)c1ncccc1C(F)(F)F. The molecule has 21 heavy (non-hydrogen) atoms. The van der Waals surface area contributed by atoms with Gasteiger partial charge in [-0.15, -0.1) is 0 Å². The summed E-state index contributed by atoms with van der Waals surface area (Å²) in [6.07, 6.45) is -2.28. The minimum absolute atomic E-state index is 0.100. The van der Waals surface area contributed by atoms with Gasteiger partial charge in [0.2, 0.25) is 0 Å². The molecule has 0 aliphatic heterocycles. The first-order valence-electron chi connectivity index (χ1n) is 6.71. The van der Waals surface area contributed by atoms with Crippen LogP contribution in [0.15, 0.2) is 18.3 Å². The van der Waals surface area contributed by atoms with Crippen LogP contribution in [0.3, 0.4) is 0 Å². The number of carbonyl (C=O) groups excluding carboxylic acids is 1. The molecule has 0 aliphatic carbocycles. The largest absolute Gasteiger partial charge is 0.418 e. The second-order valence-electron chi connectivity index (χ2n) is 4.95. The molecule has 0 bridgehead atoms. The number of aliphatic hydroxyl groups is 1. The van der Waals surface area contributed by atoms with E-state index >= 15 is 0 Å². The summed E-state index contributed by atoms with van der Waals surface area (Å²) in [5.74, 6) is -0.886. The molecule has 1 aromatic rings. The van der Waals surface area contributed by atoms with Gasteiger partial charge in [-0.05, 0) is 25.0 Å². The molecule has 0 saturated heterocycles. The number of amides is 1. The van der Waals surface area contributed by atoms with Crippen LogP contribution in [-0.4, -0.2) is 29.1 Å². The topological polar surface area (TPSA) is 62.2 Å². The molecule has 118 valence electrons. The Balaban J connectivity index is 2.91. The van der Waals surface area contributed by atoms with Gasteiger partial charge in [0.1, 0.15) is 5.69 Å². The predicted octanol–water partition coefficient (Wildman–Crippen LogP) is 2.63. The maximum Gasteiger partial charge on any atom is 0.418 e. The lowest BCUT2D eigenvalue weighted by molar-refractivity contribution is -0.138. The number of hydrogen-bond donors (Lipinski definition) is 2. The van der Waals surface area contributed by atoms with Crippen LogP contribution in [-0.2, 0) is 6.18 Å². The first-order chi connectivity index (χ1) is 9.79. The standard InChI is InChI=1S/C14H19F3N2O2/c1-3-13(4-2,9-20)8-19-12(21)11-10(14(15,16)17)6-5-7-18-11/h5-7,20H,3-4,8-9H2,1-2H3,(H,19,21). The van der Waals surface area contributed by atoms with E-state index < -0.39 is 28.8 Å². The molecule has 2 N–H and O–H groups in total. The molecular formula is C14H19F3N2O2. The summed E-state index contributed by atoms with van der Waals surface area (Å²) in [5, 5.41) is 11.8. The van der Waals surface area contributed by atoms with Gasteiger partial charge in [0.25, 0.3) is 5.91 Å². The lowest BCUT2D eigenvalue weighted by atomic mass is 9.83. The molecule has 1 amide bonds. The van der Waals surface area contributed by atoms with Gasteiger partial charge in [-0.1, -0.05) is 13.8 Å². The predicted molar refractivity (Wildman–Crippen MR) is 71.7 cm³/mol. The van der Waals surface area contributed by atoms with Gasteiger partial charge >= 0.3 is 6.18 Å². The highest BCUT2D eigenvalue weighted by atomic mass is 19.4. The second-order valence-corrected chi connectivity index (χ2v) is 4.95. The summed E-state index contributed by atoms with van der Waals surface area (Å²) >= 11 is 0. The molecule has 0 spiro atoms. The van der Waals surface area contributed by atoms with Crippen LogP contribution < -0.4 is 5.32 Å². The molecule has 7 heteroatoms. The Hall–Kier alpha value is -1.63. The third-order valence-electron chi connectivity index (χ3n) is 3.79. The van der Waals surface area contributed by atoms with E-state index in [-0.39, 0.29) is 13.2 Å². The van der Waals surface area contributed by atoms with Crippen molar-refractivity contribution < 1.29 is 23.1 Å². The first-order valence-corrected chi connectivity index (χ1v) is 6.71. The van der Waals surface area contributed by atoms with Gasteiger partial charge < -0.3 is 10.4 Å². The number of halogens is 3. The summed E-state index contributed by atoms with van der Waals surface area (Å²) in [4.78, 5) is 15.5. The summed E-state index contributed by atoms with van der Waals surface area (Å²) in [5.41, 5.74) is -2.24. The van der Waals surface area contributed by atoms with Crippen LogP contribution >= 0.6 is 0 Å². The molecule has 0 aliphatic rings. The van der Waals surface area contributed by atoms with Crippen LogP contribution in [0, 0.1) is 5.41 Å². The van der Waals surface area contributed by atoms with Crippen molar-refractivity contribution in [3.63, 3.8) is 0 Å². The first kappa shape index (κ1) is 17.4. The number of aliphatic hydroxyl groups excluding tert-OH is 1. The minimum atomic E-state index is -4.63. The van der Waals surface area contributed by atoms with E-state index in [9.17, 15) is 23.1 Å². The van der Waals surface area contributed by atoms with Crippen molar-refractivity contribution in [2.45, 2.75) is 32.9 Å². The van der Waals surface area contributed by atoms with Crippen molar-refractivity contribution in [1.29, 1.82) is 0 Å². The van der Waals surface area contributed by atoms with E-state index in [0.29, 0.717) is 12.8 Å². The van der Waals surface area contributed by atoms with E-state index in [2.05, 4.69) is 10.3 Å². The van der Waals surface area contributed by atoms with Crippen molar-refractivity contribution >= 4 is 5.91 Å². The monoisotopic (exact) mass is 304 g/mol. The molecule has 0 saturated carbocycles. The van der Waals surface area contributed by atoms with Crippen molar-refractivity contribution in [3.05, 3.63) is 29.6 Å². The van der Waals surface area contributed by atoms with Crippen molar-refractivity contribution in [2.24, 2.45) is 5.41 Å². The third kappa shape index (κ3) is 4.17. The molecule has 0 aromatic carbocycles.